The number of piperidine rings is 1. The van der Waals surface area contributed by atoms with E-state index in [-0.39, 0.29) is 11.6 Å². The molecule has 2 atom stereocenters. The molecular formula is C18H22ClN5. The average Bonchev–Trinajstić information content (AvgIpc) is 2.63. The highest BCUT2D eigenvalue weighted by Crippen LogP contribution is 2.20. The Morgan fingerprint density at radius 2 is 2.04 bits per heavy atom. The smallest absolute Gasteiger partial charge is 0.169 e. The lowest BCUT2D eigenvalue weighted by molar-refractivity contribution is 0.291. The monoisotopic (exact) mass is 343 g/mol. The van der Waals surface area contributed by atoms with Crippen LogP contribution in [0.15, 0.2) is 35.7 Å². The summed E-state index contributed by atoms with van der Waals surface area (Å²) in [5.41, 5.74) is 1.25. The van der Waals surface area contributed by atoms with Crippen molar-refractivity contribution >= 4 is 11.6 Å². The van der Waals surface area contributed by atoms with Crippen molar-refractivity contribution < 1.29 is 0 Å². The van der Waals surface area contributed by atoms with E-state index >= 15 is 0 Å². The number of nitrogens with one attached hydrogen (secondary N) is 3. The topological polar surface area (TPSA) is 83.7 Å². The zero-order valence-corrected chi connectivity index (χ0v) is 14.5. The lowest BCUT2D eigenvalue weighted by Gasteiger charge is -2.33. The van der Waals surface area contributed by atoms with Crippen LogP contribution >= 0.6 is 11.6 Å². The molecule has 5 nitrogen and oxygen atoms in total. The van der Waals surface area contributed by atoms with Gasteiger partial charge in [0.1, 0.15) is 18.0 Å². The number of hydrogen-bond donors (Lipinski definition) is 3. The van der Waals surface area contributed by atoms with Gasteiger partial charge in [0.05, 0.1) is 0 Å². The first-order chi connectivity index (χ1) is 11.7. The van der Waals surface area contributed by atoms with Crippen molar-refractivity contribution in [3.05, 3.63) is 46.2 Å². The maximum absolute atomic E-state index is 9.13. The summed E-state index contributed by atoms with van der Waals surface area (Å²) in [6.45, 7) is 1.97. The number of benzene rings is 1. The van der Waals surface area contributed by atoms with Crippen LogP contribution in [0.2, 0.25) is 5.02 Å². The maximum atomic E-state index is 9.13. The van der Waals surface area contributed by atoms with Crippen molar-refractivity contribution in [1.29, 1.82) is 10.5 Å². The Kier molecular flexibility index (Phi) is 6.93. The molecule has 1 aliphatic heterocycles. The molecular weight excluding hydrogens is 322 g/mol. The molecule has 126 valence electrons. The standard InChI is InChI=1S/C18H22ClN5/c1-22-18(15(10-20)11-21)24-17(14-3-2-8-23-12-14)9-13-4-6-16(19)7-5-13/h4-7,14,17,22-24H,2-3,8-9,12H2,1H3. The fourth-order valence-electron chi connectivity index (χ4n) is 3.02. The molecule has 24 heavy (non-hydrogen) atoms. The number of hydrogen-bond acceptors (Lipinski definition) is 5. The second-order valence-corrected chi connectivity index (χ2v) is 6.35. The summed E-state index contributed by atoms with van der Waals surface area (Å²) in [5, 5.41) is 28.8. The normalized spacial score (nSPS) is 17.9. The van der Waals surface area contributed by atoms with E-state index in [2.05, 4.69) is 16.0 Å². The number of allylic oxidation sites excluding steroid dienone is 1. The summed E-state index contributed by atoms with van der Waals surface area (Å²) in [4.78, 5) is 0. The van der Waals surface area contributed by atoms with Gasteiger partial charge >= 0.3 is 0 Å². The van der Waals surface area contributed by atoms with Gasteiger partial charge in [-0.25, -0.2) is 0 Å². The first-order valence-electron chi connectivity index (χ1n) is 8.11. The van der Waals surface area contributed by atoms with Gasteiger partial charge in [0.15, 0.2) is 5.57 Å². The van der Waals surface area contributed by atoms with Gasteiger partial charge in [-0.3, -0.25) is 0 Å². The van der Waals surface area contributed by atoms with Crippen LogP contribution in [0.5, 0.6) is 0 Å². The van der Waals surface area contributed by atoms with Gasteiger partial charge in [0.2, 0.25) is 0 Å². The largest absolute Gasteiger partial charge is 0.373 e. The summed E-state index contributed by atoms with van der Waals surface area (Å²) in [7, 11) is 1.72. The molecule has 0 aliphatic carbocycles. The molecule has 1 aromatic rings. The number of rotatable bonds is 6. The zero-order valence-electron chi connectivity index (χ0n) is 13.8. The Balaban J connectivity index is 2.22. The van der Waals surface area contributed by atoms with E-state index in [1.54, 1.807) is 7.05 Å². The third-order valence-electron chi connectivity index (χ3n) is 4.33. The van der Waals surface area contributed by atoms with E-state index < -0.39 is 0 Å². The van der Waals surface area contributed by atoms with Crippen molar-refractivity contribution in [2.75, 3.05) is 20.1 Å². The Bertz CT molecular complexity index is 631. The summed E-state index contributed by atoms with van der Waals surface area (Å²) >= 11 is 5.97. The number of halogens is 1. The van der Waals surface area contributed by atoms with E-state index in [0.29, 0.717) is 11.7 Å². The SMILES string of the molecule is CNC(NC(Cc1ccc(Cl)cc1)C1CCCNC1)=C(C#N)C#N. The van der Waals surface area contributed by atoms with Gasteiger partial charge in [-0.15, -0.1) is 0 Å². The molecule has 0 radical (unpaired) electrons. The molecule has 1 heterocycles. The van der Waals surface area contributed by atoms with Crippen LogP contribution in [0.4, 0.5) is 0 Å². The molecule has 0 bridgehead atoms. The molecule has 3 N–H and O–H groups in total. The van der Waals surface area contributed by atoms with Gasteiger partial charge in [-0.05, 0) is 56.0 Å². The van der Waals surface area contributed by atoms with Crippen molar-refractivity contribution in [2.24, 2.45) is 5.92 Å². The highest BCUT2D eigenvalue weighted by molar-refractivity contribution is 6.30. The highest BCUT2D eigenvalue weighted by atomic mass is 35.5. The zero-order chi connectivity index (χ0) is 17.4. The fraction of sp³-hybridized carbons (Fsp3) is 0.444. The van der Waals surface area contributed by atoms with Crippen LogP contribution < -0.4 is 16.0 Å². The minimum atomic E-state index is 0.0716. The minimum absolute atomic E-state index is 0.0716. The van der Waals surface area contributed by atoms with Crippen molar-refractivity contribution in [1.82, 2.24) is 16.0 Å². The van der Waals surface area contributed by atoms with Gasteiger partial charge in [0.25, 0.3) is 0 Å². The summed E-state index contributed by atoms with van der Waals surface area (Å²) in [6.07, 6.45) is 3.05. The van der Waals surface area contributed by atoms with Crippen LogP contribution in [0.3, 0.4) is 0 Å². The molecule has 0 aromatic heterocycles. The molecule has 2 unspecified atom stereocenters. The van der Waals surface area contributed by atoms with Crippen LogP contribution in [0.25, 0.3) is 0 Å². The Morgan fingerprint density at radius 3 is 2.58 bits per heavy atom. The third-order valence-corrected chi connectivity index (χ3v) is 4.58. The second kappa shape index (κ2) is 9.17. The molecule has 1 aliphatic rings. The fourth-order valence-corrected chi connectivity index (χ4v) is 3.15. The van der Waals surface area contributed by atoms with Gasteiger partial charge in [0, 0.05) is 18.1 Å². The third kappa shape index (κ3) is 4.89. The molecule has 0 saturated carbocycles. The van der Waals surface area contributed by atoms with E-state index in [9.17, 15) is 0 Å². The highest BCUT2D eigenvalue weighted by Gasteiger charge is 2.25. The van der Waals surface area contributed by atoms with E-state index in [4.69, 9.17) is 22.1 Å². The summed E-state index contributed by atoms with van der Waals surface area (Å²) < 4.78 is 0. The lowest BCUT2D eigenvalue weighted by atomic mass is 9.87. The van der Waals surface area contributed by atoms with E-state index in [1.165, 1.54) is 5.56 Å². The summed E-state index contributed by atoms with van der Waals surface area (Å²) in [6, 6.07) is 11.8. The minimum Gasteiger partial charge on any atom is -0.373 e. The summed E-state index contributed by atoms with van der Waals surface area (Å²) in [5.74, 6) is 0.918. The number of nitrogens with zero attached hydrogens (tertiary/aromatic N) is 2. The lowest BCUT2D eigenvalue weighted by Crippen LogP contribution is -2.46. The molecule has 2 rings (SSSR count). The Hall–Kier alpha value is -2.21. The maximum Gasteiger partial charge on any atom is 0.169 e. The molecule has 0 amide bonds. The van der Waals surface area contributed by atoms with Gasteiger partial charge in [-0.2, -0.15) is 10.5 Å². The van der Waals surface area contributed by atoms with Crippen molar-refractivity contribution in [3.63, 3.8) is 0 Å². The molecule has 1 saturated heterocycles. The van der Waals surface area contributed by atoms with Gasteiger partial charge < -0.3 is 16.0 Å². The quantitative estimate of drug-likeness (QED) is 0.690. The first kappa shape index (κ1) is 18.1. The number of nitriles is 2. The van der Waals surface area contributed by atoms with Crippen LogP contribution in [0.1, 0.15) is 18.4 Å². The second-order valence-electron chi connectivity index (χ2n) is 5.91. The van der Waals surface area contributed by atoms with Crippen molar-refractivity contribution in [3.8, 4) is 12.1 Å². The molecule has 1 fully saturated rings. The van der Waals surface area contributed by atoms with E-state index in [1.807, 2.05) is 36.4 Å². The average molecular weight is 344 g/mol. The predicted octanol–water partition coefficient (Wildman–Crippen LogP) is 2.32. The van der Waals surface area contributed by atoms with Gasteiger partial charge in [-0.1, -0.05) is 23.7 Å². The van der Waals surface area contributed by atoms with Crippen LogP contribution in [-0.2, 0) is 6.42 Å². The van der Waals surface area contributed by atoms with Crippen molar-refractivity contribution in [2.45, 2.75) is 25.3 Å². The molecule has 0 spiro atoms. The van der Waals surface area contributed by atoms with Crippen LogP contribution in [0, 0.1) is 28.6 Å². The predicted molar refractivity (Wildman–Crippen MR) is 95.0 cm³/mol. The molecule has 6 heteroatoms. The van der Waals surface area contributed by atoms with Crippen LogP contribution in [-0.4, -0.2) is 26.2 Å². The molecule has 1 aromatic carbocycles. The van der Waals surface area contributed by atoms with E-state index in [0.717, 1.165) is 37.4 Å². The Morgan fingerprint density at radius 1 is 1.33 bits per heavy atom. The Labute approximate surface area is 148 Å². The first-order valence-corrected chi connectivity index (χ1v) is 8.49.